The highest BCUT2D eigenvalue weighted by Gasteiger charge is 2.21. The van der Waals surface area contributed by atoms with E-state index in [0.29, 0.717) is 26.4 Å². The van der Waals surface area contributed by atoms with Crippen LogP contribution >= 0.6 is 22.9 Å². The third kappa shape index (κ3) is 5.37. The van der Waals surface area contributed by atoms with Crippen LogP contribution in [-0.4, -0.2) is 44.1 Å². The van der Waals surface area contributed by atoms with Crippen LogP contribution in [0.5, 0.6) is 0 Å². The first-order chi connectivity index (χ1) is 15.6. The maximum Gasteiger partial charge on any atom is 0.271 e. The van der Waals surface area contributed by atoms with Gasteiger partial charge in [0.25, 0.3) is 11.5 Å². The van der Waals surface area contributed by atoms with Crippen LogP contribution in [0.4, 0.5) is 15.8 Å². The summed E-state index contributed by atoms with van der Waals surface area (Å²) in [4.78, 5) is 33.7. The monoisotopic (exact) mass is 488 g/mol. The van der Waals surface area contributed by atoms with Crippen LogP contribution in [-0.2, 0) is 0 Å². The molecule has 0 radical (unpaired) electrons. The van der Waals surface area contributed by atoms with Gasteiger partial charge in [0.05, 0.1) is 18.0 Å². The molecule has 0 fully saturated rings. The number of nitrogens with zero attached hydrogens (tertiary/aromatic N) is 2. The van der Waals surface area contributed by atoms with Crippen LogP contribution in [0.2, 0.25) is 0 Å². The summed E-state index contributed by atoms with van der Waals surface area (Å²) in [7, 11) is 0. The molecule has 0 aliphatic carbocycles. The Bertz CT molecular complexity index is 1290. The molecule has 1 atom stereocenters. The number of aliphatic hydroxyl groups is 2. The summed E-state index contributed by atoms with van der Waals surface area (Å²) < 4.78 is 2.54. The molecule has 2 heterocycles. The number of hydrogen-bond acceptors (Lipinski definition) is 9. The Labute approximate surface area is 197 Å². The fourth-order valence-corrected chi connectivity index (χ4v) is 4.68. The lowest BCUT2D eigenvalue weighted by Crippen LogP contribution is -2.25. The number of thiazole rings is 1. The number of rotatable bonds is 8. The van der Waals surface area contributed by atoms with Gasteiger partial charge < -0.3 is 26.6 Å². The van der Waals surface area contributed by atoms with Gasteiger partial charge >= 0.3 is 0 Å². The van der Waals surface area contributed by atoms with E-state index in [1.54, 1.807) is 6.92 Å². The molecule has 2 aromatic heterocycles. The summed E-state index contributed by atoms with van der Waals surface area (Å²) in [5, 5.41) is 25.1. The van der Waals surface area contributed by atoms with E-state index in [2.05, 4.69) is 31.6 Å². The molecule has 3 rings (SSSR count). The lowest BCUT2D eigenvalue weighted by atomic mass is 10.0. The van der Waals surface area contributed by atoms with Crippen molar-refractivity contribution in [3.63, 3.8) is 0 Å². The lowest BCUT2D eigenvalue weighted by Gasteiger charge is -2.13. The van der Waals surface area contributed by atoms with Crippen molar-refractivity contribution >= 4 is 56.0 Å². The molecule has 33 heavy (non-hydrogen) atoms. The number of amides is 1. The number of benzene rings is 1. The van der Waals surface area contributed by atoms with Gasteiger partial charge in [0.15, 0.2) is 11.4 Å². The van der Waals surface area contributed by atoms with Crippen molar-refractivity contribution in [3.8, 4) is 0 Å². The number of carbonyl (C=O) groups excluding carboxylic acids is 1. The summed E-state index contributed by atoms with van der Waals surface area (Å²) in [6.07, 6.45) is -1.44. The first-order valence-corrected chi connectivity index (χ1v) is 11.4. The number of anilines is 3. The number of allylic oxidation sites excluding steroid dienone is 1. The van der Waals surface area contributed by atoms with Gasteiger partial charge in [-0.3, -0.25) is 14.0 Å². The minimum absolute atomic E-state index is 0.0114. The van der Waals surface area contributed by atoms with Crippen LogP contribution in [0.1, 0.15) is 39.0 Å². The smallest absolute Gasteiger partial charge is 0.271 e. The molecule has 7 N–H and O–H groups in total. The van der Waals surface area contributed by atoms with Gasteiger partial charge in [-0.15, -0.1) is 0 Å². The van der Waals surface area contributed by atoms with E-state index in [9.17, 15) is 14.7 Å². The molecule has 0 aliphatic heterocycles. The summed E-state index contributed by atoms with van der Waals surface area (Å²) in [5.74, 6) is -0.552. The van der Waals surface area contributed by atoms with Gasteiger partial charge in [0.1, 0.15) is 21.3 Å². The number of nitrogens with two attached hydrogens (primary N) is 1. The van der Waals surface area contributed by atoms with E-state index in [4.69, 9.17) is 10.8 Å². The number of hydrogen-bond donors (Lipinski definition) is 6. The van der Waals surface area contributed by atoms with Crippen LogP contribution in [0.3, 0.4) is 0 Å². The molecule has 1 unspecified atom stereocenters. The average molecular weight is 489 g/mol. The third-order valence-electron chi connectivity index (χ3n) is 4.60. The minimum Gasteiger partial charge on any atom is -0.392 e. The molecule has 3 aromatic rings. The SMILES string of the molecule is C=C(C)c1cccc(C)c1NC(=O)c1sc(Nc2s[nH]c(=O)c2/C(N)=N/C(O)CO)nc1C. The van der Waals surface area contributed by atoms with E-state index in [1.807, 2.05) is 32.0 Å². The molecule has 1 amide bonds. The number of aliphatic imine (C=N–C) groups is 1. The van der Waals surface area contributed by atoms with E-state index in [0.717, 1.165) is 39.6 Å². The Morgan fingerprint density at radius 2 is 2.12 bits per heavy atom. The largest absolute Gasteiger partial charge is 0.392 e. The van der Waals surface area contributed by atoms with Crippen LogP contribution in [0.15, 0.2) is 34.6 Å². The number of amidine groups is 1. The molecule has 0 saturated carbocycles. The second kappa shape index (κ2) is 10.1. The zero-order valence-corrected chi connectivity index (χ0v) is 19.9. The molecular formula is C21H24N6O4S2. The Hall–Kier alpha value is -3.32. The molecule has 0 saturated heterocycles. The highest BCUT2D eigenvalue weighted by molar-refractivity contribution is 7.18. The van der Waals surface area contributed by atoms with Crippen molar-refractivity contribution in [1.82, 2.24) is 9.36 Å². The van der Waals surface area contributed by atoms with Crippen molar-refractivity contribution in [1.29, 1.82) is 0 Å². The van der Waals surface area contributed by atoms with Crippen molar-refractivity contribution in [3.05, 3.63) is 62.4 Å². The van der Waals surface area contributed by atoms with Crippen LogP contribution in [0.25, 0.3) is 5.57 Å². The van der Waals surface area contributed by atoms with Gasteiger partial charge in [-0.05, 0) is 43.4 Å². The molecular weight excluding hydrogens is 464 g/mol. The number of para-hydroxylation sites is 1. The first kappa shape index (κ1) is 24.3. The topological polar surface area (TPSA) is 166 Å². The highest BCUT2D eigenvalue weighted by Crippen LogP contribution is 2.31. The number of nitrogens with one attached hydrogen (secondary N) is 3. The van der Waals surface area contributed by atoms with E-state index in [1.165, 1.54) is 0 Å². The Morgan fingerprint density at radius 3 is 2.79 bits per heavy atom. The number of carbonyl (C=O) groups is 1. The maximum atomic E-state index is 13.0. The number of aryl methyl sites for hydroxylation is 2. The summed E-state index contributed by atoms with van der Waals surface area (Å²) in [5.41, 5.74) is 9.12. The van der Waals surface area contributed by atoms with Crippen LogP contribution in [0, 0.1) is 13.8 Å². The molecule has 10 nitrogen and oxygen atoms in total. The highest BCUT2D eigenvalue weighted by atomic mass is 32.1. The Kier molecular flexibility index (Phi) is 7.43. The second-order valence-corrected chi connectivity index (χ2v) is 9.02. The van der Waals surface area contributed by atoms with Gasteiger partial charge in [0, 0.05) is 5.56 Å². The average Bonchev–Trinajstić information content (AvgIpc) is 3.31. The van der Waals surface area contributed by atoms with E-state index < -0.39 is 18.4 Å². The van der Waals surface area contributed by atoms with Crippen molar-refractivity contribution in [2.45, 2.75) is 27.0 Å². The number of aliphatic hydroxyl groups excluding tert-OH is 2. The molecule has 174 valence electrons. The quantitative estimate of drug-likeness (QED) is 0.209. The molecule has 0 spiro atoms. The Morgan fingerprint density at radius 1 is 1.39 bits per heavy atom. The van der Waals surface area contributed by atoms with E-state index >= 15 is 0 Å². The molecule has 1 aromatic carbocycles. The zero-order valence-electron chi connectivity index (χ0n) is 18.2. The van der Waals surface area contributed by atoms with Crippen LogP contribution < -0.4 is 21.9 Å². The normalized spacial score (nSPS) is 12.5. The number of H-pyrrole nitrogens is 1. The fourth-order valence-electron chi connectivity index (χ4n) is 3.01. The van der Waals surface area contributed by atoms with Gasteiger partial charge in [0.2, 0.25) is 0 Å². The van der Waals surface area contributed by atoms with Gasteiger partial charge in [-0.25, -0.2) is 9.98 Å². The Balaban J connectivity index is 1.87. The molecule has 0 bridgehead atoms. The predicted molar refractivity (Wildman–Crippen MR) is 133 cm³/mol. The summed E-state index contributed by atoms with van der Waals surface area (Å²) >= 11 is 2.08. The number of aromatic amines is 1. The van der Waals surface area contributed by atoms with Crippen molar-refractivity contribution in [2.24, 2.45) is 10.7 Å². The second-order valence-electron chi connectivity index (χ2n) is 7.21. The third-order valence-corrected chi connectivity index (χ3v) is 6.47. The summed E-state index contributed by atoms with van der Waals surface area (Å²) in [6.45, 7) is 8.83. The lowest BCUT2D eigenvalue weighted by molar-refractivity contribution is 0.102. The van der Waals surface area contributed by atoms with Crippen molar-refractivity contribution in [2.75, 3.05) is 17.2 Å². The van der Waals surface area contributed by atoms with Gasteiger partial charge in [-0.2, -0.15) is 0 Å². The van der Waals surface area contributed by atoms with E-state index in [-0.39, 0.29) is 17.3 Å². The molecule has 12 heteroatoms. The fraction of sp³-hybridized carbons (Fsp3) is 0.238. The maximum absolute atomic E-state index is 13.0. The standard InChI is InChI=1S/C21H24N6O4S2/c1-9(2)12-7-5-6-10(3)15(12)25-19(31)16-11(4)23-21(32-16)26-20-14(18(30)27-33-20)17(22)24-13(29)8-28/h5-7,13,28-29H,1,8H2,2-4H3,(H2,22,24)(H,23,26)(H,25,31)(H,27,30). The predicted octanol–water partition coefficient (Wildman–Crippen LogP) is 2.55. The zero-order chi connectivity index (χ0) is 24.3. The van der Waals surface area contributed by atoms with Gasteiger partial charge in [-0.1, -0.05) is 36.1 Å². The van der Waals surface area contributed by atoms with Crippen molar-refractivity contribution < 1.29 is 15.0 Å². The summed E-state index contributed by atoms with van der Waals surface area (Å²) in [6, 6.07) is 5.71. The first-order valence-electron chi connectivity index (χ1n) is 9.77. The number of aromatic nitrogens is 2. The minimum atomic E-state index is -1.44. The molecule has 0 aliphatic rings.